The molecule has 0 spiro atoms. The highest BCUT2D eigenvalue weighted by Gasteiger charge is 1.96. The van der Waals surface area contributed by atoms with Gasteiger partial charge in [-0.3, -0.25) is 0 Å². The van der Waals surface area contributed by atoms with E-state index in [0.29, 0.717) is 0 Å². The van der Waals surface area contributed by atoms with Gasteiger partial charge in [0.25, 0.3) is 0 Å². The highest BCUT2D eigenvalue weighted by atomic mass is 15.1. The minimum atomic E-state index is 1.05. The number of hydrogen-bond acceptors (Lipinski definition) is 3. The van der Waals surface area contributed by atoms with Gasteiger partial charge in [0, 0.05) is 13.6 Å². The predicted molar refractivity (Wildman–Crippen MR) is 45.6 cm³/mol. The molecule has 1 heterocycles. The van der Waals surface area contributed by atoms with Crippen molar-refractivity contribution >= 4 is 5.69 Å². The smallest absolute Gasteiger partial charge is 0.115 e. The van der Waals surface area contributed by atoms with Crippen molar-refractivity contribution in [3.8, 4) is 0 Å². The van der Waals surface area contributed by atoms with E-state index < -0.39 is 0 Å². The second-order valence-electron chi connectivity index (χ2n) is 2.52. The van der Waals surface area contributed by atoms with Crippen LogP contribution in [-0.4, -0.2) is 23.6 Å². The van der Waals surface area contributed by atoms with Crippen molar-refractivity contribution in [2.75, 3.05) is 18.5 Å². The summed E-state index contributed by atoms with van der Waals surface area (Å²) < 4.78 is 0. The first kappa shape index (κ1) is 7.98. The Balaban J connectivity index is 2.61. The predicted octanol–water partition coefficient (Wildman–Crippen LogP) is 1.32. The zero-order valence-corrected chi connectivity index (χ0v) is 6.99. The summed E-state index contributed by atoms with van der Waals surface area (Å²) in [5.41, 5.74) is 1.08. The van der Waals surface area contributed by atoms with Gasteiger partial charge in [-0.05, 0) is 6.42 Å². The van der Waals surface area contributed by atoms with Gasteiger partial charge in [0.05, 0.1) is 18.1 Å². The quantitative estimate of drug-likeness (QED) is 0.652. The molecule has 1 aromatic rings. The Morgan fingerprint density at radius 1 is 1.36 bits per heavy atom. The Bertz CT molecular complexity index is 198. The zero-order chi connectivity index (χ0) is 8.10. The van der Waals surface area contributed by atoms with Gasteiger partial charge < -0.3 is 4.90 Å². The number of nitrogens with zero attached hydrogens (tertiary/aromatic N) is 3. The number of anilines is 1. The molecule has 0 saturated heterocycles. The zero-order valence-electron chi connectivity index (χ0n) is 6.99. The molecular weight excluding hydrogens is 138 g/mol. The van der Waals surface area contributed by atoms with Crippen LogP contribution >= 0.6 is 0 Å². The summed E-state index contributed by atoms with van der Waals surface area (Å²) in [6.07, 6.45) is 6.33. The molecule has 0 aromatic carbocycles. The second-order valence-corrected chi connectivity index (χ2v) is 2.52. The minimum absolute atomic E-state index is 1.05. The Morgan fingerprint density at radius 2 is 2.00 bits per heavy atom. The number of aromatic nitrogens is 2. The van der Waals surface area contributed by atoms with E-state index in [4.69, 9.17) is 0 Å². The lowest BCUT2D eigenvalue weighted by molar-refractivity contribution is 0.845. The fraction of sp³-hybridized carbons (Fsp3) is 0.500. The molecule has 3 nitrogen and oxygen atoms in total. The Kier molecular flexibility index (Phi) is 2.83. The molecule has 1 aromatic heterocycles. The van der Waals surface area contributed by atoms with Crippen LogP contribution in [0, 0.1) is 0 Å². The van der Waals surface area contributed by atoms with Gasteiger partial charge in [0.1, 0.15) is 6.33 Å². The summed E-state index contributed by atoms with van der Waals surface area (Å²) in [6.45, 7) is 3.20. The summed E-state index contributed by atoms with van der Waals surface area (Å²) in [6, 6.07) is 0. The molecule has 0 unspecified atom stereocenters. The molecule has 3 heteroatoms. The van der Waals surface area contributed by atoms with Crippen molar-refractivity contribution in [3.63, 3.8) is 0 Å². The average Bonchev–Trinajstić information content (AvgIpc) is 2.07. The van der Waals surface area contributed by atoms with Crippen molar-refractivity contribution in [3.05, 3.63) is 18.7 Å². The van der Waals surface area contributed by atoms with Crippen molar-refractivity contribution in [2.45, 2.75) is 13.3 Å². The largest absolute Gasteiger partial charge is 0.372 e. The number of rotatable bonds is 3. The summed E-state index contributed by atoms with van der Waals surface area (Å²) in [4.78, 5) is 10.0. The second kappa shape index (κ2) is 3.91. The fourth-order valence-electron chi connectivity index (χ4n) is 0.953. The molecule has 1 rings (SSSR count). The maximum absolute atomic E-state index is 3.94. The van der Waals surface area contributed by atoms with Gasteiger partial charge in [-0.25, -0.2) is 9.97 Å². The van der Waals surface area contributed by atoms with Gasteiger partial charge in [-0.1, -0.05) is 6.92 Å². The van der Waals surface area contributed by atoms with E-state index in [1.807, 2.05) is 19.4 Å². The average molecular weight is 151 g/mol. The van der Waals surface area contributed by atoms with Crippen LogP contribution in [0.2, 0.25) is 0 Å². The van der Waals surface area contributed by atoms with Crippen molar-refractivity contribution in [1.82, 2.24) is 9.97 Å². The van der Waals surface area contributed by atoms with Gasteiger partial charge in [0.2, 0.25) is 0 Å². The molecule has 0 amide bonds. The van der Waals surface area contributed by atoms with Crippen LogP contribution in [0.5, 0.6) is 0 Å². The first-order valence-electron chi connectivity index (χ1n) is 3.80. The third kappa shape index (κ3) is 2.18. The monoisotopic (exact) mass is 151 g/mol. The lowest BCUT2D eigenvalue weighted by Gasteiger charge is -2.16. The van der Waals surface area contributed by atoms with Crippen molar-refractivity contribution in [1.29, 1.82) is 0 Å². The summed E-state index contributed by atoms with van der Waals surface area (Å²) in [5.74, 6) is 0. The van der Waals surface area contributed by atoms with Gasteiger partial charge >= 0.3 is 0 Å². The third-order valence-electron chi connectivity index (χ3n) is 1.55. The fourth-order valence-corrected chi connectivity index (χ4v) is 0.953. The van der Waals surface area contributed by atoms with E-state index in [1.54, 1.807) is 6.33 Å². The normalized spacial score (nSPS) is 9.64. The molecule has 0 radical (unpaired) electrons. The molecule has 0 aliphatic heterocycles. The molecule has 0 saturated carbocycles. The highest BCUT2D eigenvalue weighted by molar-refractivity contribution is 5.39. The first-order chi connectivity index (χ1) is 5.34. The summed E-state index contributed by atoms with van der Waals surface area (Å²) >= 11 is 0. The topological polar surface area (TPSA) is 29.0 Å². The van der Waals surface area contributed by atoms with Crippen LogP contribution < -0.4 is 4.90 Å². The Labute approximate surface area is 67.1 Å². The molecule has 0 aliphatic carbocycles. The van der Waals surface area contributed by atoms with Gasteiger partial charge in [0.15, 0.2) is 0 Å². The highest BCUT2D eigenvalue weighted by Crippen LogP contribution is 2.06. The van der Waals surface area contributed by atoms with Crippen molar-refractivity contribution < 1.29 is 0 Å². The van der Waals surface area contributed by atoms with Crippen LogP contribution in [0.15, 0.2) is 18.7 Å². The van der Waals surface area contributed by atoms with Crippen LogP contribution in [0.25, 0.3) is 0 Å². The van der Waals surface area contributed by atoms with E-state index in [2.05, 4.69) is 21.8 Å². The molecule has 0 atom stereocenters. The molecule has 0 bridgehead atoms. The molecule has 0 aliphatic rings. The van der Waals surface area contributed by atoms with Crippen LogP contribution in [-0.2, 0) is 0 Å². The van der Waals surface area contributed by atoms with Gasteiger partial charge in [-0.2, -0.15) is 0 Å². The van der Waals surface area contributed by atoms with Crippen molar-refractivity contribution in [2.24, 2.45) is 0 Å². The SMILES string of the molecule is CCCN(C)c1cncnc1. The molecule has 11 heavy (non-hydrogen) atoms. The molecular formula is C8H13N3. The Morgan fingerprint density at radius 3 is 2.55 bits per heavy atom. The van der Waals surface area contributed by atoms with E-state index in [1.165, 1.54) is 0 Å². The summed E-state index contributed by atoms with van der Waals surface area (Å²) in [7, 11) is 2.04. The van der Waals surface area contributed by atoms with Gasteiger partial charge in [-0.15, -0.1) is 0 Å². The standard InChI is InChI=1S/C8H13N3/c1-3-4-11(2)8-5-9-7-10-6-8/h5-7H,3-4H2,1-2H3. The van der Waals surface area contributed by atoms with E-state index in [0.717, 1.165) is 18.7 Å². The first-order valence-corrected chi connectivity index (χ1v) is 3.80. The Hall–Kier alpha value is -1.12. The molecule has 0 N–H and O–H groups in total. The van der Waals surface area contributed by atoms with Crippen LogP contribution in [0.4, 0.5) is 5.69 Å². The van der Waals surface area contributed by atoms with E-state index in [9.17, 15) is 0 Å². The minimum Gasteiger partial charge on any atom is -0.372 e. The maximum Gasteiger partial charge on any atom is 0.115 e. The third-order valence-corrected chi connectivity index (χ3v) is 1.55. The number of hydrogen-bond donors (Lipinski definition) is 0. The lowest BCUT2D eigenvalue weighted by atomic mass is 10.4. The van der Waals surface area contributed by atoms with Crippen LogP contribution in [0.1, 0.15) is 13.3 Å². The summed E-state index contributed by atoms with van der Waals surface area (Å²) in [5, 5.41) is 0. The maximum atomic E-state index is 3.94. The van der Waals surface area contributed by atoms with E-state index >= 15 is 0 Å². The lowest BCUT2D eigenvalue weighted by Crippen LogP contribution is -2.17. The van der Waals surface area contributed by atoms with E-state index in [-0.39, 0.29) is 0 Å². The molecule has 60 valence electrons. The van der Waals surface area contributed by atoms with Crippen LogP contribution in [0.3, 0.4) is 0 Å². The molecule has 0 fully saturated rings.